The Bertz CT molecular complexity index is 1210. The Labute approximate surface area is 177 Å². The highest BCUT2D eigenvalue weighted by molar-refractivity contribution is 5.82. The zero-order valence-electron chi connectivity index (χ0n) is 18.0. The van der Waals surface area contributed by atoms with Crippen LogP contribution in [0.15, 0.2) is 66.9 Å². The van der Waals surface area contributed by atoms with Crippen molar-refractivity contribution in [1.82, 2.24) is 14.3 Å². The molecule has 0 aliphatic carbocycles. The standard InChI is InChI=1S/C26H27N3O/c1-18-12-13-22(15-20(18)3)25-23(29-14-8-9-19(2)26(29)27-25)16-24(30)28(4)17-21-10-6-5-7-11-21/h5-15H,16-17H2,1-4H3. The molecule has 0 saturated heterocycles. The maximum atomic E-state index is 13.1. The first-order valence-electron chi connectivity index (χ1n) is 10.3. The number of benzene rings is 2. The van der Waals surface area contributed by atoms with Gasteiger partial charge in [0.05, 0.1) is 17.8 Å². The van der Waals surface area contributed by atoms with Crippen molar-refractivity contribution < 1.29 is 4.79 Å². The molecule has 0 radical (unpaired) electrons. The molecule has 4 nitrogen and oxygen atoms in total. The minimum atomic E-state index is 0.0762. The van der Waals surface area contributed by atoms with E-state index >= 15 is 0 Å². The van der Waals surface area contributed by atoms with Gasteiger partial charge >= 0.3 is 0 Å². The lowest BCUT2D eigenvalue weighted by atomic mass is 10.0. The second-order valence-corrected chi connectivity index (χ2v) is 8.00. The fraction of sp³-hybridized carbons (Fsp3) is 0.231. The SMILES string of the molecule is Cc1ccc(-c2nc3c(C)cccn3c2CC(=O)N(C)Cc2ccccc2)cc1C. The van der Waals surface area contributed by atoms with Crippen LogP contribution in [-0.2, 0) is 17.8 Å². The van der Waals surface area contributed by atoms with Crippen molar-refractivity contribution >= 4 is 11.6 Å². The molecular formula is C26H27N3O. The van der Waals surface area contributed by atoms with Gasteiger partial charge in [-0.1, -0.05) is 48.5 Å². The van der Waals surface area contributed by atoms with Gasteiger partial charge in [-0.25, -0.2) is 4.98 Å². The number of rotatable bonds is 5. The fourth-order valence-corrected chi connectivity index (χ4v) is 3.77. The van der Waals surface area contributed by atoms with Crippen LogP contribution in [-0.4, -0.2) is 27.2 Å². The van der Waals surface area contributed by atoms with Gasteiger partial charge in [0.2, 0.25) is 5.91 Å². The third kappa shape index (κ3) is 3.86. The molecular weight excluding hydrogens is 370 g/mol. The molecule has 0 aliphatic rings. The lowest BCUT2D eigenvalue weighted by Gasteiger charge is -2.18. The summed E-state index contributed by atoms with van der Waals surface area (Å²) >= 11 is 0. The van der Waals surface area contributed by atoms with E-state index in [-0.39, 0.29) is 5.91 Å². The average molecular weight is 398 g/mol. The van der Waals surface area contributed by atoms with Gasteiger partial charge in [0.1, 0.15) is 5.65 Å². The molecule has 2 aromatic carbocycles. The fourth-order valence-electron chi connectivity index (χ4n) is 3.77. The third-order valence-electron chi connectivity index (χ3n) is 5.73. The van der Waals surface area contributed by atoms with Crippen LogP contribution in [0.4, 0.5) is 0 Å². The lowest BCUT2D eigenvalue weighted by molar-refractivity contribution is -0.129. The summed E-state index contributed by atoms with van der Waals surface area (Å²) in [4.78, 5) is 19.9. The molecule has 0 N–H and O–H groups in total. The minimum absolute atomic E-state index is 0.0762. The third-order valence-corrected chi connectivity index (χ3v) is 5.73. The van der Waals surface area contributed by atoms with Crippen molar-refractivity contribution in [2.24, 2.45) is 0 Å². The molecule has 4 heteroatoms. The Hall–Kier alpha value is -3.40. The van der Waals surface area contributed by atoms with Crippen LogP contribution >= 0.6 is 0 Å². The zero-order chi connectivity index (χ0) is 21.3. The number of hydrogen-bond donors (Lipinski definition) is 0. The van der Waals surface area contributed by atoms with E-state index in [1.807, 2.05) is 49.6 Å². The second kappa shape index (κ2) is 8.15. The van der Waals surface area contributed by atoms with Crippen LogP contribution in [0.25, 0.3) is 16.9 Å². The molecule has 2 heterocycles. The van der Waals surface area contributed by atoms with Crippen LogP contribution in [0.1, 0.15) is 27.9 Å². The number of aromatic nitrogens is 2. The van der Waals surface area contributed by atoms with E-state index in [9.17, 15) is 4.79 Å². The summed E-state index contributed by atoms with van der Waals surface area (Å²) in [5.74, 6) is 0.0762. The van der Waals surface area contributed by atoms with Crippen molar-refractivity contribution in [3.05, 3.63) is 94.8 Å². The summed E-state index contributed by atoms with van der Waals surface area (Å²) in [6.45, 7) is 6.86. The average Bonchev–Trinajstić information content (AvgIpc) is 3.10. The van der Waals surface area contributed by atoms with E-state index in [0.717, 1.165) is 33.7 Å². The van der Waals surface area contributed by atoms with Gasteiger partial charge in [-0.15, -0.1) is 0 Å². The molecule has 0 spiro atoms. The maximum Gasteiger partial charge on any atom is 0.228 e. The summed E-state index contributed by atoms with van der Waals surface area (Å²) < 4.78 is 2.06. The molecule has 4 rings (SSSR count). The number of carbonyl (C=O) groups is 1. The van der Waals surface area contributed by atoms with Crippen molar-refractivity contribution in [2.75, 3.05) is 7.05 Å². The Morgan fingerprint density at radius 2 is 1.70 bits per heavy atom. The maximum absolute atomic E-state index is 13.1. The van der Waals surface area contributed by atoms with Crippen LogP contribution < -0.4 is 0 Å². The monoisotopic (exact) mass is 397 g/mol. The first kappa shape index (κ1) is 19.9. The molecule has 0 aliphatic heterocycles. The molecule has 152 valence electrons. The lowest BCUT2D eigenvalue weighted by Crippen LogP contribution is -2.28. The predicted octanol–water partition coefficient (Wildman–Crippen LogP) is 5.13. The van der Waals surface area contributed by atoms with E-state index in [2.05, 4.69) is 49.4 Å². The van der Waals surface area contributed by atoms with Gasteiger partial charge in [0.25, 0.3) is 0 Å². The molecule has 0 unspecified atom stereocenters. The topological polar surface area (TPSA) is 37.6 Å². The van der Waals surface area contributed by atoms with Gasteiger partial charge in [-0.05, 0) is 55.2 Å². The van der Waals surface area contributed by atoms with Gasteiger partial charge in [0.15, 0.2) is 0 Å². The number of amides is 1. The molecule has 2 aromatic heterocycles. The summed E-state index contributed by atoms with van der Waals surface area (Å²) in [6.07, 6.45) is 2.30. The Morgan fingerprint density at radius 1 is 0.933 bits per heavy atom. The van der Waals surface area contributed by atoms with E-state index in [1.165, 1.54) is 11.1 Å². The van der Waals surface area contributed by atoms with Crippen LogP contribution in [0.3, 0.4) is 0 Å². The highest BCUT2D eigenvalue weighted by atomic mass is 16.2. The zero-order valence-corrected chi connectivity index (χ0v) is 18.0. The van der Waals surface area contributed by atoms with E-state index < -0.39 is 0 Å². The number of aryl methyl sites for hydroxylation is 3. The van der Waals surface area contributed by atoms with E-state index in [4.69, 9.17) is 4.98 Å². The predicted molar refractivity (Wildman–Crippen MR) is 121 cm³/mol. The van der Waals surface area contributed by atoms with Crippen molar-refractivity contribution in [2.45, 2.75) is 33.7 Å². The summed E-state index contributed by atoms with van der Waals surface area (Å²) in [5.41, 5.74) is 8.46. The molecule has 30 heavy (non-hydrogen) atoms. The Morgan fingerprint density at radius 3 is 2.43 bits per heavy atom. The minimum Gasteiger partial charge on any atom is -0.341 e. The second-order valence-electron chi connectivity index (χ2n) is 8.00. The summed E-state index contributed by atoms with van der Waals surface area (Å²) in [7, 11) is 1.86. The number of pyridine rings is 1. The number of hydrogen-bond acceptors (Lipinski definition) is 2. The van der Waals surface area contributed by atoms with Gasteiger partial charge in [-0.3, -0.25) is 4.79 Å². The van der Waals surface area contributed by atoms with Gasteiger partial charge < -0.3 is 9.30 Å². The largest absolute Gasteiger partial charge is 0.341 e. The van der Waals surface area contributed by atoms with Crippen molar-refractivity contribution in [3.63, 3.8) is 0 Å². The highest BCUT2D eigenvalue weighted by Crippen LogP contribution is 2.28. The van der Waals surface area contributed by atoms with Crippen LogP contribution in [0.2, 0.25) is 0 Å². The van der Waals surface area contributed by atoms with E-state index in [0.29, 0.717) is 13.0 Å². The van der Waals surface area contributed by atoms with Crippen LogP contribution in [0, 0.1) is 20.8 Å². The molecule has 0 fully saturated rings. The van der Waals surface area contributed by atoms with Crippen molar-refractivity contribution in [1.29, 1.82) is 0 Å². The first-order valence-corrected chi connectivity index (χ1v) is 10.3. The number of fused-ring (bicyclic) bond motifs is 1. The van der Waals surface area contributed by atoms with Crippen LogP contribution in [0.5, 0.6) is 0 Å². The quantitative estimate of drug-likeness (QED) is 0.468. The summed E-state index contributed by atoms with van der Waals surface area (Å²) in [5, 5.41) is 0. The number of imidazole rings is 1. The normalized spacial score (nSPS) is 11.1. The van der Waals surface area contributed by atoms with Gasteiger partial charge in [0, 0.05) is 25.4 Å². The highest BCUT2D eigenvalue weighted by Gasteiger charge is 2.20. The summed E-state index contributed by atoms with van der Waals surface area (Å²) in [6, 6.07) is 20.5. The van der Waals surface area contributed by atoms with E-state index in [1.54, 1.807) is 4.90 Å². The Balaban J connectivity index is 1.72. The molecule has 4 aromatic rings. The molecule has 0 atom stereocenters. The smallest absolute Gasteiger partial charge is 0.228 e. The molecule has 0 bridgehead atoms. The van der Waals surface area contributed by atoms with Gasteiger partial charge in [-0.2, -0.15) is 0 Å². The molecule has 1 amide bonds. The van der Waals surface area contributed by atoms with Crippen molar-refractivity contribution in [3.8, 4) is 11.3 Å². The number of likely N-dealkylation sites (N-methyl/N-ethyl adjacent to an activating group) is 1. The Kier molecular flexibility index (Phi) is 5.40. The number of nitrogens with zero attached hydrogens (tertiary/aromatic N) is 3. The number of carbonyl (C=O) groups excluding carboxylic acids is 1. The molecule has 0 saturated carbocycles. The first-order chi connectivity index (χ1) is 14.4.